The minimum Gasteiger partial charge on any atom is -0.381 e. The van der Waals surface area contributed by atoms with Crippen LogP contribution in [-0.2, 0) is 11.2 Å². The van der Waals surface area contributed by atoms with Gasteiger partial charge in [-0.1, -0.05) is 25.1 Å². The molecule has 0 aliphatic carbocycles. The first-order chi connectivity index (χ1) is 10.3. The van der Waals surface area contributed by atoms with E-state index in [1.807, 2.05) is 0 Å². The van der Waals surface area contributed by atoms with Gasteiger partial charge < -0.3 is 15.0 Å². The van der Waals surface area contributed by atoms with Crippen LogP contribution in [0.25, 0.3) is 0 Å². The minimum absolute atomic E-state index is 0.380. The number of benzene rings is 1. The first kappa shape index (κ1) is 14.9. The normalized spacial score (nSPS) is 20.5. The van der Waals surface area contributed by atoms with Crippen molar-refractivity contribution in [2.24, 2.45) is 5.41 Å². The second-order valence-corrected chi connectivity index (χ2v) is 6.59. The van der Waals surface area contributed by atoms with Crippen LogP contribution in [-0.4, -0.2) is 39.4 Å². The van der Waals surface area contributed by atoms with E-state index in [2.05, 4.69) is 41.4 Å². The van der Waals surface area contributed by atoms with Gasteiger partial charge in [-0.25, -0.2) is 0 Å². The van der Waals surface area contributed by atoms with Crippen molar-refractivity contribution in [1.82, 2.24) is 5.32 Å². The summed E-state index contributed by atoms with van der Waals surface area (Å²) >= 11 is 0. The molecule has 1 aromatic carbocycles. The summed E-state index contributed by atoms with van der Waals surface area (Å²) in [6.45, 7) is 8.68. The van der Waals surface area contributed by atoms with Crippen molar-refractivity contribution in [3.8, 4) is 0 Å². The van der Waals surface area contributed by atoms with Crippen LogP contribution in [0.3, 0.4) is 0 Å². The number of fused-ring (bicyclic) bond motifs is 1. The second kappa shape index (κ2) is 6.80. The van der Waals surface area contributed by atoms with Gasteiger partial charge in [-0.3, -0.25) is 0 Å². The lowest BCUT2D eigenvalue weighted by Crippen LogP contribution is -2.47. The van der Waals surface area contributed by atoms with Gasteiger partial charge in [0.2, 0.25) is 0 Å². The molecule has 0 radical (unpaired) electrons. The SMILES string of the molecule is CCCNCC1(CN2CCc3ccccc32)CCOCC1. The number of nitrogens with one attached hydrogen (secondary N) is 1. The predicted octanol–water partition coefficient (Wildman–Crippen LogP) is 2.85. The summed E-state index contributed by atoms with van der Waals surface area (Å²) in [5.74, 6) is 0. The van der Waals surface area contributed by atoms with E-state index >= 15 is 0 Å². The molecule has 1 N–H and O–H groups in total. The van der Waals surface area contributed by atoms with Crippen molar-refractivity contribution >= 4 is 5.69 Å². The Bertz CT molecular complexity index is 454. The molecule has 3 heteroatoms. The van der Waals surface area contributed by atoms with Gasteiger partial charge in [-0.15, -0.1) is 0 Å². The summed E-state index contributed by atoms with van der Waals surface area (Å²) in [6, 6.07) is 8.90. The lowest BCUT2D eigenvalue weighted by Gasteiger charge is -2.41. The Morgan fingerprint density at radius 2 is 2.05 bits per heavy atom. The van der Waals surface area contributed by atoms with Crippen LogP contribution in [0.2, 0.25) is 0 Å². The fourth-order valence-electron chi connectivity index (χ4n) is 3.70. The molecule has 0 spiro atoms. The second-order valence-electron chi connectivity index (χ2n) is 6.59. The van der Waals surface area contributed by atoms with Crippen LogP contribution in [0.1, 0.15) is 31.7 Å². The predicted molar refractivity (Wildman–Crippen MR) is 88.0 cm³/mol. The maximum absolute atomic E-state index is 5.62. The lowest BCUT2D eigenvalue weighted by molar-refractivity contribution is 0.0186. The highest BCUT2D eigenvalue weighted by Gasteiger charge is 2.35. The zero-order valence-corrected chi connectivity index (χ0v) is 13.2. The zero-order valence-electron chi connectivity index (χ0n) is 13.2. The molecule has 21 heavy (non-hydrogen) atoms. The molecule has 0 saturated carbocycles. The largest absolute Gasteiger partial charge is 0.381 e. The van der Waals surface area contributed by atoms with Gasteiger partial charge in [0.25, 0.3) is 0 Å². The fraction of sp³-hybridized carbons (Fsp3) is 0.667. The number of anilines is 1. The fourth-order valence-corrected chi connectivity index (χ4v) is 3.70. The van der Waals surface area contributed by atoms with Crippen LogP contribution in [0.4, 0.5) is 5.69 Å². The van der Waals surface area contributed by atoms with Crippen LogP contribution < -0.4 is 10.2 Å². The minimum atomic E-state index is 0.380. The van der Waals surface area contributed by atoms with Crippen molar-refractivity contribution in [1.29, 1.82) is 0 Å². The van der Waals surface area contributed by atoms with Gasteiger partial charge in [-0.2, -0.15) is 0 Å². The summed E-state index contributed by atoms with van der Waals surface area (Å²) in [6.07, 6.45) is 4.77. The highest BCUT2D eigenvalue weighted by molar-refractivity contribution is 5.58. The Kier molecular flexibility index (Phi) is 4.81. The van der Waals surface area contributed by atoms with E-state index in [1.54, 1.807) is 0 Å². The molecular weight excluding hydrogens is 260 g/mol. The highest BCUT2D eigenvalue weighted by atomic mass is 16.5. The monoisotopic (exact) mass is 288 g/mol. The third-order valence-electron chi connectivity index (χ3n) is 4.99. The molecule has 1 aromatic rings. The number of rotatable bonds is 6. The number of hydrogen-bond acceptors (Lipinski definition) is 3. The van der Waals surface area contributed by atoms with Gasteiger partial charge in [0.05, 0.1) is 0 Å². The summed E-state index contributed by atoms with van der Waals surface area (Å²) in [4.78, 5) is 2.61. The molecule has 0 amide bonds. The lowest BCUT2D eigenvalue weighted by atomic mass is 9.79. The maximum atomic E-state index is 5.62. The van der Waals surface area contributed by atoms with E-state index in [9.17, 15) is 0 Å². The van der Waals surface area contributed by atoms with Crippen molar-refractivity contribution in [2.45, 2.75) is 32.6 Å². The quantitative estimate of drug-likeness (QED) is 0.815. The van der Waals surface area contributed by atoms with Crippen molar-refractivity contribution < 1.29 is 4.74 Å². The molecule has 2 heterocycles. The number of nitrogens with zero attached hydrogens (tertiary/aromatic N) is 1. The Labute approximate surface area is 128 Å². The Hall–Kier alpha value is -1.06. The average Bonchev–Trinajstić information content (AvgIpc) is 2.92. The topological polar surface area (TPSA) is 24.5 Å². The standard InChI is InChI=1S/C18H28N2O/c1-2-10-19-14-18(8-12-21-13-9-18)15-20-11-7-16-5-3-4-6-17(16)20/h3-6,19H,2,7-15H2,1H3. The van der Waals surface area contributed by atoms with Gasteiger partial charge in [0.15, 0.2) is 0 Å². The molecule has 116 valence electrons. The van der Waals surface area contributed by atoms with E-state index in [0.717, 1.165) is 26.3 Å². The van der Waals surface area contributed by atoms with Crippen LogP contribution in [0.5, 0.6) is 0 Å². The average molecular weight is 288 g/mol. The van der Waals surface area contributed by atoms with Crippen molar-refractivity contribution in [3.05, 3.63) is 29.8 Å². The molecule has 2 aliphatic rings. The molecular formula is C18H28N2O. The highest BCUT2D eigenvalue weighted by Crippen LogP contribution is 2.36. The molecule has 0 unspecified atom stereocenters. The summed E-state index contributed by atoms with van der Waals surface area (Å²) in [5, 5.41) is 3.66. The Morgan fingerprint density at radius 1 is 1.24 bits per heavy atom. The molecule has 1 saturated heterocycles. The molecule has 0 atom stereocenters. The molecule has 1 fully saturated rings. The first-order valence-corrected chi connectivity index (χ1v) is 8.44. The van der Waals surface area contributed by atoms with Gasteiger partial charge in [-0.05, 0) is 43.9 Å². The molecule has 0 aromatic heterocycles. The summed E-state index contributed by atoms with van der Waals surface area (Å²) < 4.78 is 5.62. The van der Waals surface area contributed by atoms with E-state index in [0.29, 0.717) is 5.41 Å². The van der Waals surface area contributed by atoms with Gasteiger partial charge in [0, 0.05) is 44.0 Å². The Balaban J connectivity index is 1.70. The van der Waals surface area contributed by atoms with Crippen LogP contribution in [0.15, 0.2) is 24.3 Å². The van der Waals surface area contributed by atoms with E-state index in [4.69, 9.17) is 4.74 Å². The number of ether oxygens (including phenoxy) is 1. The van der Waals surface area contributed by atoms with Crippen molar-refractivity contribution in [2.75, 3.05) is 44.3 Å². The van der Waals surface area contributed by atoms with Gasteiger partial charge in [0.1, 0.15) is 0 Å². The van der Waals surface area contributed by atoms with Crippen LogP contribution >= 0.6 is 0 Å². The summed E-state index contributed by atoms with van der Waals surface area (Å²) in [7, 11) is 0. The molecule has 2 aliphatic heterocycles. The number of para-hydroxylation sites is 1. The maximum Gasteiger partial charge on any atom is 0.0472 e. The Morgan fingerprint density at radius 3 is 2.86 bits per heavy atom. The molecule has 3 nitrogen and oxygen atoms in total. The van der Waals surface area contributed by atoms with E-state index in [-0.39, 0.29) is 0 Å². The number of hydrogen-bond donors (Lipinski definition) is 1. The third kappa shape index (κ3) is 3.41. The smallest absolute Gasteiger partial charge is 0.0472 e. The molecule has 3 rings (SSSR count). The van der Waals surface area contributed by atoms with E-state index in [1.165, 1.54) is 50.0 Å². The third-order valence-corrected chi connectivity index (χ3v) is 4.99. The zero-order chi connectivity index (χ0) is 14.5. The van der Waals surface area contributed by atoms with Crippen LogP contribution in [0, 0.1) is 5.41 Å². The first-order valence-electron chi connectivity index (χ1n) is 8.44. The molecule has 0 bridgehead atoms. The van der Waals surface area contributed by atoms with Gasteiger partial charge >= 0.3 is 0 Å². The summed E-state index contributed by atoms with van der Waals surface area (Å²) in [5.41, 5.74) is 3.35. The van der Waals surface area contributed by atoms with E-state index < -0.39 is 0 Å². The van der Waals surface area contributed by atoms with Crippen molar-refractivity contribution in [3.63, 3.8) is 0 Å².